The van der Waals surface area contributed by atoms with Crippen LogP contribution < -0.4 is 0 Å². The molecular formula is C21H28O4. The molecule has 25 heavy (non-hydrogen) atoms. The van der Waals surface area contributed by atoms with Crippen LogP contribution in [0.2, 0.25) is 0 Å². The Hall–Kier alpha value is -2.04. The average molecular weight is 344 g/mol. The van der Waals surface area contributed by atoms with Gasteiger partial charge < -0.3 is 19.7 Å². The van der Waals surface area contributed by atoms with Crippen molar-refractivity contribution in [2.75, 3.05) is 14.2 Å². The topological polar surface area (TPSA) is 58.9 Å². The Morgan fingerprint density at radius 2 is 1.36 bits per heavy atom. The first-order valence-corrected chi connectivity index (χ1v) is 8.49. The summed E-state index contributed by atoms with van der Waals surface area (Å²) in [6, 6.07) is 8.07. The highest BCUT2D eigenvalue weighted by Crippen LogP contribution is 2.31. The molecule has 0 heterocycles. The molecule has 2 N–H and O–H groups in total. The number of hydrogen-bond acceptors (Lipinski definition) is 4. The van der Waals surface area contributed by atoms with Crippen LogP contribution in [0.5, 0.6) is 11.5 Å². The summed E-state index contributed by atoms with van der Waals surface area (Å²) in [4.78, 5) is 0. The van der Waals surface area contributed by atoms with Gasteiger partial charge in [0.05, 0.1) is 13.2 Å². The van der Waals surface area contributed by atoms with Gasteiger partial charge in [0.15, 0.2) is 0 Å². The lowest BCUT2D eigenvalue weighted by molar-refractivity contribution is 0.181. The minimum absolute atomic E-state index is 0.272. The summed E-state index contributed by atoms with van der Waals surface area (Å²) in [5, 5.41) is 20.3. The van der Waals surface area contributed by atoms with E-state index in [9.17, 15) is 10.2 Å². The molecule has 4 nitrogen and oxygen atoms in total. The third kappa shape index (κ3) is 4.53. The van der Waals surface area contributed by atoms with Gasteiger partial charge >= 0.3 is 0 Å². The Morgan fingerprint density at radius 1 is 0.840 bits per heavy atom. The van der Waals surface area contributed by atoms with Crippen LogP contribution in [0, 0.1) is 13.8 Å². The summed E-state index contributed by atoms with van der Waals surface area (Å²) in [7, 11) is 3.25. The fourth-order valence-corrected chi connectivity index (χ4v) is 3.22. The zero-order valence-electron chi connectivity index (χ0n) is 15.7. The molecule has 136 valence electrons. The summed E-state index contributed by atoms with van der Waals surface area (Å²) in [6.45, 7) is 6.77. The molecule has 0 aliphatic carbocycles. The average Bonchev–Trinajstić information content (AvgIpc) is 2.56. The van der Waals surface area contributed by atoms with Crippen LogP contribution in [0.4, 0.5) is 0 Å². The first-order chi connectivity index (χ1) is 11.9. The lowest BCUT2D eigenvalue weighted by Gasteiger charge is -2.17. The Bertz CT molecular complexity index is 737. The van der Waals surface area contributed by atoms with Crippen molar-refractivity contribution in [2.24, 2.45) is 0 Å². The van der Waals surface area contributed by atoms with Crippen LogP contribution in [0.1, 0.15) is 46.2 Å². The Labute approximate surface area is 150 Å². The standard InChI is InChI=1S/C21H28O4/c1-13(17-8-15(3)21(23)19(10-17)12-25-5)6-16-7-14(2)20(22)18(9-16)11-24-4/h7-10,13,22-23H,6,11-12H2,1-5H3. The summed E-state index contributed by atoms with van der Waals surface area (Å²) in [5.74, 6) is 0.885. The minimum Gasteiger partial charge on any atom is -0.507 e. The zero-order valence-corrected chi connectivity index (χ0v) is 15.7. The molecule has 0 radical (unpaired) electrons. The lowest BCUT2D eigenvalue weighted by Crippen LogP contribution is -2.03. The van der Waals surface area contributed by atoms with E-state index in [2.05, 4.69) is 6.92 Å². The lowest BCUT2D eigenvalue weighted by atomic mass is 9.89. The fraction of sp³-hybridized carbons (Fsp3) is 0.429. The molecule has 0 fully saturated rings. The fourth-order valence-electron chi connectivity index (χ4n) is 3.22. The molecular weight excluding hydrogens is 316 g/mol. The molecule has 2 aromatic carbocycles. The normalized spacial score (nSPS) is 12.4. The van der Waals surface area contributed by atoms with E-state index < -0.39 is 0 Å². The van der Waals surface area contributed by atoms with E-state index in [4.69, 9.17) is 9.47 Å². The summed E-state index contributed by atoms with van der Waals surface area (Å²) in [6.07, 6.45) is 0.842. The predicted molar refractivity (Wildman–Crippen MR) is 99.2 cm³/mol. The predicted octanol–water partition coefficient (Wildman–Crippen LogP) is 4.35. The van der Waals surface area contributed by atoms with Crippen molar-refractivity contribution in [3.05, 3.63) is 57.6 Å². The van der Waals surface area contributed by atoms with Crippen molar-refractivity contribution in [3.8, 4) is 11.5 Å². The third-order valence-corrected chi connectivity index (χ3v) is 4.55. The van der Waals surface area contributed by atoms with Crippen LogP contribution >= 0.6 is 0 Å². The second-order valence-corrected chi connectivity index (χ2v) is 6.74. The highest BCUT2D eigenvalue weighted by atomic mass is 16.5. The number of phenolic OH excluding ortho intramolecular Hbond substituents is 2. The first kappa shape index (κ1) is 19.3. The zero-order chi connectivity index (χ0) is 18.6. The van der Waals surface area contributed by atoms with Crippen molar-refractivity contribution in [2.45, 2.75) is 46.3 Å². The van der Waals surface area contributed by atoms with Crippen LogP contribution in [-0.4, -0.2) is 24.4 Å². The third-order valence-electron chi connectivity index (χ3n) is 4.55. The maximum atomic E-state index is 10.2. The number of ether oxygens (including phenoxy) is 2. The maximum Gasteiger partial charge on any atom is 0.124 e. The molecule has 0 amide bonds. The smallest absolute Gasteiger partial charge is 0.124 e. The van der Waals surface area contributed by atoms with E-state index in [-0.39, 0.29) is 5.92 Å². The number of benzene rings is 2. The van der Waals surface area contributed by atoms with E-state index >= 15 is 0 Å². The van der Waals surface area contributed by atoms with E-state index in [1.807, 2.05) is 38.1 Å². The Morgan fingerprint density at radius 3 is 1.92 bits per heavy atom. The Kier molecular flexibility index (Phi) is 6.45. The van der Waals surface area contributed by atoms with Crippen LogP contribution in [0.3, 0.4) is 0 Å². The van der Waals surface area contributed by atoms with Gasteiger partial charge in [-0.3, -0.25) is 0 Å². The Balaban J connectivity index is 2.29. The van der Waals surface area contributed by atoms with Crippen LogP contribution in [0.25, 0.3) is 0 Å². The maximum absolute atomic E-state index is 10.2. The van der Waals surface area contributed by atoms with Gasteiger partial charge in [-0.05, 0) is 60.6 Å². The van der Waals surface area contributed by atoms with Gasteiger partial charge in [0.1, 0.15) is 11.5 Å². The molecule has 1 atom stereocenters. The summed E-state index contributed by atoms with van der Waals surface area (Å²) in [5.41, 5.74) is 5.67. The van der Waals surface area contributed by atoms with Crippen molar-refractivity contribution in [1.29, 1.82) is 0 Å². The monoisotopic (exact) mass is 344 g/mol. The van der Waals surface area contributed by atoms with Crippen molar-refractivity contribution in [3.63, 3.8) is 0 Å². The molecule has 2 aromatic rings. The second kappa shape index (κ2) is 8.37. The molecule has 0 bridgehead atoms. The van der Waals surface area contributed by atoms with Gasteiger partial charge in [0.2, 0.25) is 0 Å². The molecule has 0 saturated carbocycles. The quantitative estimate of drug-likeness (QED) is 0.784. The van der Waals surface area contributed by atoms with E-state index in [1.165, 1.54) is 5.56 Å². The SMILES string of the molecule is COCc1cc(CC(C)c2cc(C)c(O)c(COC)c2)cc(C)c1O. The van der Waals surface area contributed by atoms with E-state index in [0.717, 1.165) is 34.2 Å². The minimum atomic E-state index is 0.272. The van der Waals surface area contributed by atoms with Crippen LogP contribution in [0.15, 0.2) is 24.3 Å². The second-order valence-electron chi connectivity index (χ2n) is 6.74. The first-order valence-electron chi connectivity index (χ1n) is 8.49. The molecule has 0 saturated heterocycles. The number of phenols is 2. The van der Waals surface area contributed by atoms with E-state index in [1.54, 1.807) is 14.2 Å². The van der Waals surface area contributed by atoms with Gasteiger partial charge in [-0.25, -0.2) is 0 Å². The molecule has 4 heteroatoms. The van der Waals surface area contributed by atoms with Crippen molar-refractivity contribution < 1.29 is 19.7 Å². The van der Waals surface area contributed by atoms with Gasteiger partial charge in [0, 0.05) is 25.3 Å². The molecule has 0 aliphatic rings. The molecule has 2 rings (SSSR count). The van der Waals surface area contributed by atoms with Gasteiger partial charge in [-0.2, -0.15) is 0 Å². The van der Waals surface area contributed by atoms with E-state index in [0.29, 0.717) is 24.7 Å². The summed E-state index contributed by atoms with van der Waals surface area (Å²) < 4.78 is 10.4. The van der Waals surface area contributed by atoms with Crippen molar-refractivity contribution in [1.82, 2.24) is 0 Å². The van der Waals surface area contributed by atoms with Gasteiger partial charge in [0.25, 0.3) is 0 Å². The number of rotatable bonds is 7. The molecule has 0 aliphatic heterocycles. The number of aryl methyl sites for hydroxylation is 2. The number of hydrogen-bond donors (Lipinski definition) is 2. The summed E-state index contributed by atoms with van der Waals surface area (Å²) >= 11 is 0. The van der Waals surface area contributed by atoms with Gasteiger partial charge in [-0.1, -0.05) is 19.1 Å². The van der Waals surface area contributed by atoms with Crippen molar-refractivity contribution >= 4 is 0 Å². The number of aromatic hydroxyl groups is 2. The molecule has 0 spiro atoms. The largest absolute Gasteiger partial charge is 0.507 e. The highest BCUT2D eigenvalue weighted by molar-refractivity contribution is 5.45. The molecule has 0 aromatic heterocycles. The molecule has 1 unspecified atom stereocenters. The highest BCUT2D eigenvalue weighted by Gasteiger charge is 2.14. The number of methoxy groups -OCH3 is 2. The van der Waals surface area contributed by atoms with Crippen LogP contribution in [-0.2, 0) is 29.1 Å². The van der Waals surface area contributed by atoms with Gasteiger partial charge in [-0.15, -0.1) is 0 Å².